The summed E-state index contributed by atoms with van der Waals surface area (Å²) >= 11 is 1.91. The van der Waals surface area contributed by atoms with Gasteiger partial charge in [0, 0.05) is 29.4 Å². The molecule has 0 saturated carbocycles. The van der Waals surface area contributed by atoms with Crippen LogP contribution in [-0.2, 0) is 25.8 Å². The van der Waals surface area contributed by atoms with E-state index in [1.807, 2.05) is 11.3 Å². The third kappa shape index (κ3) is 3.98. The van der Waals surface area contributed by atoms with Crippen LogP contribution >= 0.6 is 11.3 Å². The lowest BCUT2D eigenvalue weighted by Crippen LogP contribution is -2.29. The topological polar surface area (TPSA) is 15.6 Å². The van der Waals surface area contributed by atoms with Crippen molar-refractivity contribution < 1.29 is 0 Å². The Morgan fingerprint density at radius 3 is 2.52 bits per heavy atom. The van der Waals surface area contributed by atoms with E-state index in [1.165, 1.54) is 40.2 Å². The zero-order valence-electron chi connectivity index (χ0n) is 16.1. The van der Waals surface area contributed by atoms with Crippen LogP contribution in [0.2, 0.25) is 0 Å². The highest BCUT2D eigenvalue weighted by Gasteiger charge is 2.19. The summed E-state index contributed by atoms with van der Waals surface area (Å²) in [7, 11) is 0. The number of thiophene rings is 1. The van der Waals surface area contributed by atoms with E-state index in [0.717, 1.165) is 38.8 Å². The lowest BCUT2D eigenvalue weighted by Gasteiger charge is -2.30. The van der Waals surface area contributed by atoms with E-state index in [4.69, 9.17) is 4.99 Å². The van der Waals surface area contributed by atoms with Crippen LogP contribution in [0.4, 0.5) is 11.4 Å². The van der Waals surface area contributed by atoms with Gasteiger partial charge in [0.1, 0.15) is 0 Å². The van der Waals surface area contributed by atoms with Crippen LogP contribution in [-0.4, -0.2) is 12.3 Å². The molecule has 25 heavy (non-hydrogen) atoms. The quantitative estimate of drug-likeness (QED) is 0.554. The fourth-order valence-corrected chi connectivity index (χ4v) is 4.57. The number of hydrogen-bond donors (Lipinski definition) is 0. The number of hydrogen-bond acceptors (Lipinski definition) is 3. The lowest BCUT2D eigenvalue weighted by molar-refractivity contribution is 0.742. The SMILES string of the molecule is CCCC(C)=Nc1c(CC)cc(N2CCc3sccc3C2)cc1CC. The fraction of sp³-hybridized carbons (Fsp3) is 0.500. The summed E-state index contributed by atoms with van der Waals surface area (Å²) in [5, 5.41) is 2.23. The molecule has 134 valence electrons. The molecule has 0 atom stereocenters. The maximum absolute atomic E-state index is 5.00. The molecule has 2 nitrogen and oxygen atoms in total. The third-order valence-electron chi connectivity index (χ3n) is 5.10. The predicted octanol–water partition coefficient (Wildman–Crippen LogP) is 6.33. The highest BCUT2D eigenvalue weighted by molar-refractivity contribution is 7.10. The molecule has 0 bridgehead atoms. The second kappa shape index (κ2) is 8.18. The molecule has 0 unspecified atom stereocenters. The first-order chi connectivity index (χ1) is 12.2. The highest BCUT2D eigenvalue weighted by atomic mass is 32.1. The van der Waals surface area contributed by atoms with Gasteiger partial charge in [-0.25, -0.2) is 0 Å². The second-order valence-electron chi connectivity index (χ2n) is 6.96. The zero-order valence-corrected chi connectivity index (χ0v) is 16.9. The highest BCUT2D eigenvalue weighted by Crippen LogP contribution is 2.34. The second-order valence-corrected chi connectivity index (χ2v) is 7.96. The predicted molar refractivity (Wildman–Crippen MR) is 112 cm³/mol. The van der Waals surface area contributed by atoms with Gasteiger partial charge >= 0.3 is 0 Å². The van der Waals surface area contributed by atoms with E-state index in [0.29, 0.717) is 0 Å². The minimum absolute atomic E-state index is 1.04. The van der Waals surface area contributed by atoms with Gasteiger partial charge in [-0.1, -0.05) is 27.2 Å². The van der Waals surface area contributed by atoms with Gasteiger partial charge in [-0.15, -0.1) is 11.3 Å². The number of aryl methyl sites for hydroxylation is 2. The third-order valence-corrected chi connectivity index (χ3v) is 6.12. The lowest BCUT2D eigenvalue weighted by atomic mass is 10.00. The first kappa shape index (κ1) is 18.2. The van der Waals surface area contributed by atoms with E-state index in [-0.39, 0.29) is 0 Å². The summed E-state index contributed by atoms with van der Waals surface area (Å²) in [5.74, 6) is 0. The maximum atomic E-state index is 5.00. The largest absolute Gasteiger partial charge is 0.367 e. The van der Waals surface area contributed by atoms with Crippen LogP contribution in [0.15, 0.2) is 28.6 Å². The molecule has 1 aliphatic rings. The smallest absolute Gasteiger partial charge is 0.0694 e. The Bertz CT molecular complexity index is 732. The van der Waals surface area contributed by atoms with Gasteiger partial charge in [-0.3, -0.25) is 4.99 Å². The number of rotatable bonds is 6. The van der Waals surface area contributed by atoms with Crippen molar-refractivity contribution in [3.63, 3.8) is 0 Å². The molecule has 0 amide bonds. The Morgan fingerprint density at radius 2 is 1.88 bits per heavy atom. The molecule has 1 aromatic carbocycles. The van der Waals surface area contributed by atoms with Crippen LogP contribution in [0.1, 0.15) is 62.1 Å². The molecule has 3 rings (SSSR count). The van der Waals surface area contributed by atoms with Crippen molar-refractivity contribution >= 4 is 28.4 Å². The van der Waals surface area contributed by atoms with Gasteiger partial charge in [-0.2, -0.15) is 0 Å². The van der Waals surface area contributed by atoms with E-state index >= 15 is 0 Å². The van der Waals surface area contributed by atoms with E-state index in [1.54, 1.807) is 4.88 Å². The maximum Gasteiger partial charge on any atom is 0.0694 e. The Kier molecular flexibility index (Phi) is 5.95. The average molecular weight is 355 g/mol. The van der Waals surface area contributed by atoms with Crippen molar-refractivity contribution in [1.82, 2.24) is 0 Å². The normalized spacial score (nSPS) is 14.7. The van der Waals surface area contributed by atoms with Crippen molar-refractivity contribution in [2.75, 3.05) is 11.4 Å². The Hall–Kier alpha value is -1.61. The summed E-state index contributed by atoms with van der Waals surface area (Å²) < 4.78 is 0. The molecule has 0 spiro atoms. The number of anilines is 1. The Labute approximate surface area is 156 Å². The summed E-state index contributed by atoms with van der Waals surface area (Å²) in [6, 6.07) is 7.06. The van der Waals surface area contributed by atoms with Crippen LogP contribution in [0, 0.1) is 0 Å². The molecule has 0 saturated heterocycles. The van der Waals surface area contributed by atoms with Crippen molar-refractivity contribution in [2.45, 2.75) is 66.3 Å². The summed E-state index contributed by atoms with van der Waals surface area (Å²) in [5.41, 5.74) is 8.14. The number of fused-ring (bicyclic) bond motifs is 1. The standard InChI is InChI=1S/C22H30N2S/c1-5-8-16(4)23-22-17(6-2)13-20(14-18(22)7-3)24-11-9-21-19(15-24)10-12-25-21/h10,12-14H,5-9,11,15H2,1-4H3. The first-order valence-electron chi connectivity index (χ1n) is 9.66. The average Bonchev–Trinajstić information content (AvgIpc) is 3.09. The molecule has 0 radical (unpaired) electrons. The molecule has 0 N–H and O–H groups in total. The van der Waals surface area contributed by atoms with Gasteiger partial charge in [0.15, 0.2) is 0 Å². The Morgan fingerprint density at radius 1 is 1.16 bits per heavy atom. The monoisotopic (exact) mass is 354 g/mol. The minimum Gasteiger partial charge on any atom is -0.367 e. The van der Waals surface area contributed by atoms with Crippen molar-refractivity contribution in [3.8, 4) is 0 Å². The molecule has 2 heterocycles. The van der Waals surface area contributed by atoms with Gasteiger partial charge in [-0.05, 0) is 72.9 Å². The number of aliphatic imine (C=N–C) groups is 1. The van der Waals surface area contributed by atoms with Crippen LogP contribution < -0.4 is 4.90 Å². The van der Waals surface area contributed by atoms with Crippen molar-refractivity contribution in [3.05, 3.63) is 45.1 Å². The van der Waals surface area contributed by atoms with Crippen LogP contribution in [0.3, 0.4) is 0 Å². The van der Waals surface area contributed by atoms with E-state index in [9.17, 15) is 0 Å². The van der Waals surface area contributed by atoms with Crippen molar-refractivity contribution in [1.29, 1.82) is 0 Å². The first-order valence-corrected chi connectivity index (χ1v) is 10.5. The molecule has 1 aliphatic heterocycles. The van der Waals surface area contributed by atoms with Gasteiger partial charge in [0.25, 0.3) is 0 Å². The molecule has 1 aromatic heterocycles. The summed E-state index contributed by atoms with van der Waals surface area (Å²) in [6.45, 7) is 11.1. The van der Waals surface area contributed by atoms with Crippen molar-refractivity contribution in [2.24, 2.45) is 4.99 Å². The number of benzene rings is 1. The Balaban J connectivity index is 1.96. The molecule has 0 fully saturated rings. The molecule has 2 aromatic rings. The molecule has 0 aliphatic carbocycles. The van der Waals surface area contributed by atoms with E-state index in [2.05, 4.69) is 56.2 Å². The van der Waals surface area contributed by atoms with Crippen LogP contribution in [0.5, 0.6) is 0 Å². The summed E-state index contributed by atoms with van der Waals surface area (Å²) in [6.07, 6.45) is 5.49. The number of nitrogens with zero attached hydrogens (tertiary/aromatic N) is 2. The van der Waals surface area contributed by atoms with Gasteiger partial charge in [0.2, 0.25) is 0 Å². The van der Waals surface area contributed by atoms with E-state index < -0.39 is 0 Å². The van der Waals surface area contributed by atoms with Crippen LogP contribution in [0.25, 0.3) is 0 Å². The fourth-order valence-electron chi connectivity index (χ4n) is 3.68. The molecule has 3 heteroatoms. The molecular weight excluding hydrogens is 324 g/mol. The van der Waals surface area contributed by atoms with Gasteiger partial charge < -0.3 is 4.90 Å². The minimum atomic E-state index is 1.04. The van der Waals surface area contributed by atoms with Gasteiger partial charge in [0.05, 0.1) is 5.69 Å². The molecular formula is C22H30N2S. The zero-order chi connectivity index (χ0) is 17.8. The summed E-state index contributed by atoms with van der Waals surface area (Å²) in [4.78, 5) is 9.11.